The summed E-state index contributed by atoms with van der Waals surface area (Å²) in [7, 11) is 3.04. The standard InChI is InChI=1S/C12H15NO4/c1-8(12(15)13-2)17-11-6-10(16-3)5-4-9(11)7-14/h4-8H,1-3H3,(H,13,15). The van der Waals surface area contributed by atoms with E-state index in [-0.39, 0.29) is 5.91 Å². The summed E-state index contributed by atoms with van der Waals surface area (Å²) in [6.07, 6.45) is -0.00321. The van der Waals surface area contributed by atoms with Gasteiger partial charge in [0, 0.05) is 13.1 Å². The number of methoxy groups -OCH3 is 1. The Labute approximate surface area is 99.7 Å². The van der Waals surface area contributed by atoms with Crippen molar-refractivity contribution in [3.63, 3.8) is 0 Å². The maximum atomic E-state index is 11.3. The second kappa shape index (κ2) is 5.89. The first-order chi connectivity index (χ1) is 8.12. The number of nitrogens with one attached hydrogen (secondary N) is 1. The van der Waals surface area contributed by atoms with Crippen molar-refractivity contribution >= 4 is 12.2 Å². The van der Waals surface area contributed by atoms with Crippen LogP contribution in [0.25, 0.3) is 0 Å². The average molecular weight is 237 g/mol. The van der Waals surface area contributed by atoms with Gasteiger partial charge in [0.25, 0.3) is 5.91 Å². The minimum Gasteiger partial charge on any atom is -0.497 e. The number of carbonyl (C=O) groups is 2. The SMILES string of the molecule is CNC(=O)C(C)Oc1cc(OC)ccc1C=O. The lowest BCUT2D eigenvalue weighted by Crippen LogP contribution is -2.33. The first-order valence-corrected chi connectivity index (χ1v) is 5.13. The highest BCUT2D eigenvalue weighted by Gasteiger charge is 2.15. The van der Waals surface area contributed by atoms with Crippen LogP contribution in [0.15, 0.2) is 18.2 Å². The number of hydrogen-bond donors (Lipinski definition) is 1. The van der Waals surface area contributed by atoms with E-state index in [1.54, 1.807) is 25.1 Å². The van der Waals surface area contributed by atoms with Crippen LogP contribution in [0.1, 0.15) is 17.3 Å². The van der Waals surface area contributed by atoms with Crippen molar-refractivity contribution in [2.75, 3.05) is 14.2 Å². The van der Waals surface area contributed by atoms with Gasteiger partial charge in [-0.3, -0.25) is 9.59 Å². The molecule has 0 aromatic heterocycles. The third-order valence-corrected chi connectivity index (χ3v) is 2.27. The van der Waals surface area contributed by atoms with Crippen LogP contribution in [0.3, 0.4) is 0 Å². The molecule has 5 nitrogen and oxygen atoms in total. The van der Waals surface area contributed by atoms with Gasteiger partial charge in [-0.15, -0.1) is 0 Å². The number of hydrogen-bond acceptors (Lipinski definition) is 4. The number of amides is 1. The molecule has 1 amide bonds. The monoisotopic (exact) mass is 237 g/mol. The second-order valence-corrected chi connectivity index (χ2v) is 3.40. The Morgan fingerprint density at radius 3 is 2.71 bits per heavy atom. The normalized spacial score (nSPS) is 11.5. The molecule has 0 saturated carbocycles. The van der Waals surface area contributed by atoms with Gasteiger partial charge in [-0.2, -0.15) is 0 Å². The van der Waals surface area contributed by atoms with E-state index >= 15 is 0 Å². The van der Waals surface area contributed by atoms with Gasteiger partial charge in [0.1, 0.15) is 11.5 Å². The molecule has 0 bridgehead atoms. The van der Waals surface area contributed by atoms with E-state index in [9.17, 15) is 9.59 Å². The molecule has 0 saturated heterocycles. The maximum absolute atomic E-state index is 11.3. The molecule has 0 aliphatic heterocycles. The van der Waals surface area contributed by atoms with Crippen molar-refractivity contribution in [1.82, 2.24) is 5.32 Å². The fourth-order valence-electron chi connectivity index (χ4n) is 1.29. The third-order valence-electron chi connectivity index (χ3n) is 2.27. The van der Waals surface area contributed by atoms with Gasteiger partial charge in [0.15, 0.2) is 12.4 Å². The molecule has 0 aliphatic rings. The molecular weight excluding hydrogens is 222 g/mol. The number of benzene rings is 1. The van der Waals surface area contributed by atoms with Crippen LogP contribution in [0.2, 0.25) is 0 Å². The van der Waals surface area contributed by atoms with Crippen LogP contribution in [0, 0.1) is 0 Å². The van der Waals surface area contributed by atoms with Gasteiger partial charge in [-0.25, -0.2) is 0 Å². The molecule has 1 rings (SSSR count). The Hall–Kier alpha value is -2.04. The first kappa shape index (κ1) is 13.0. The average Bonchev–Trinajstić information content (AvgIpc) is 2.37. The summed E-state index contributed by atoms with van der Waals surface area (Å²) in [5, 5.41) is 2.47. The van der Waals surface area contributed by atoms with Crippen LogP contribution in [-0.4, -0.2) is 32.5 Å². The first-order valence-electron chi connectivity index (χ1n) is 5.13. The molecule has 1 N–H and O–H groups in total. The van der Waals surface area contributed by atoms with Gasteiger partial charge >= 0.3 is 0 Å². The van der Waals surface area contributed by atoms with Gasteiger partial charge in [0.05, 0.1) is 12.7 Å². The number of likely N-dealkylation sites (N-methyl/N-ethyl adjacent to an activating group) is 1. The van der Waals surface area contributed by atoms with E-state index < -0.39 is 6.10 Å². The largest absolute Gasteiger partial charge is 0.497 e. The van der Waals surface area contributed by atoms with Gasteiger partial charge in [0.2, 0.25) is 0 Å². The zero-order valence-electron chi connectivity index (χ0n) is 10.0. The molecule has 0 fully saturated rings. The van der Waals surface area contributed by atoms with E-state index in [1.165, 1.54) is 14.2 Å². The van der Waals surface area contributed by atoms with Crippen molar-refractivity contribution < 1.29 is 19.1 Å². The lowest BCUT2D eigenvalue weighted by atomic mass is 10.2. The smallest absolute Gasteiger partial charge is 0.260 e. The van der Waals surface area contributed by atoms with Crippen LogP contribution in [-0.2, 0) is 4.79 Å². The maximum Gasteiger partial charge on any atom is 0.260 e. The number of aldehydes is 1. The number of ether oxygens (including phenoxy) is 2. The molecule has 0 radical (unpaired) electrons. The zero-order valence-corrected chi connectivity index (χ0v) is 10.0. The van der Waals surface area contributed by atoms with Gasteiger partial charge < -0.3 is 14.8 Å². The summed E-state index contributed by atoms with van der Waals surface area (Å²) in [4.78, 5) is 22.1. The molecule has 0 spiro atoms. The minimum absolute atomic E-state index is 0.260. The molecule has 1 atom stereocenters. The van der Waals surface area contributed by atoms with Crippen molar-refractivity contribution in [1.29, 1.82) is 0 Å². The molecule has 0 aliphatic carbocycles. The summed E-state index contributed by atoms with van der Waals surface area (Å²) in [6.45, 7) is 1.60. The lowest BCUT2D eigenvalue weighted by molar-refractivity contribution is -0.126. The van der Waals surface area contributed by atoms with Gasteiger partial charge in [-0.05, 0) is 19.1 Å². The van der Waals surface area contributed by atoms with E-state index in [2.05, 4.69) is 5.32 Å². The Balaban J connectivity index is 2.94. The van der Waals surface area contributed by atoms with Crippen molar-refractivity contribution in [3.8, 4) is 11.5 Å². The summed E-state index contributed by atoms with van der Waals surface area (Å²) in [5.41, 5.74) is 0.376. The zero-order chi connectivity index (χ0) is 12.8. The summed E-state index contributed by atoms with van der Waals surface area (Å²) in [6, 6.07) is 4.81. The Kier molecular flexibility index (Phi) is 4.51. The Bertz CT molecular complexity index is 417. The minimum atomic E-state index is -0.675. The predicted octanol–water partition coefficient (Wildman–Crippen LogP) is 1.02. The molecule has 92 valence electrons. The molecule has 1 aromatic carbocycles. The second-order valence-electron chi connectivity index (χ2n) is 3.40. The third kappa shape index (κ3) is 3.21. The van der Waals surface area contributed by atoms with E-state index in [1.807, 2.05) is 0 Å². The fourth-order valence-corrected chi connectivity index (χ4v) is 1.29. The Morgan fingerprint density at radius 1 is 1.47 bits per heavy atom. The molecule has 17 heavy (non-hydrogen) atoms. The van der Waals surface area contributed by atoms with E-state index in [0.717, 1.165) is 0 Å². The van der Waals surface area contributed by atoms with Crippen LogP contribution in [0.5, 0.6) is 11.5 Å². The summed E-state index contributed by atoms with van der Waals surface area (Å²) >= 11 is 0. The summed E-state index contributed by atoms with van der Waals surface area (Å²) < 4.78 is 10.4. The topological polar surface area (TPSA) is 64.6 Å². The van der Waals surface area contributed by atoms with Crippen molar-refractivity contribution in [2.24, 2.45) is 0 Å². The van der Waals surface area contributed by atoms with E-state index in [4.69, 9.17) is 9.47 Å². The van der Waals surface area contributed by atoms with Crippen LogP contribution >= 0.6 is 0 Å². The Morgan fingerprint density at radius 2 is 2.18 bits per heavy atom. The molecular formula is C12H15NO4. The summed E-state index contributed by atoms with van der Waals surface area (Å²) in [5.74, 6) is 0.634. The molecule has 5 heteroatoms. The van der Waals surface area contributed by atoms with E-state index in [0.29, 0.717) is 23.3 Å². The molecule has 1 unspecified atom stereocenters. The van der Waals surface area contributed by atoms with Crippen LogP contribution in [0.4, 0.5) is 0 Å². The highest BCUT2D eigenvalue weighted by Crippen LogP contribution is 2.24. The van der Waals surface area contributed by atoms with Crippen LogP contribution < -0.4 is 14.8 Å². The van der Waals surface area contributed by atoms with Crippen molar-refractivity contribution in [3.05, 3.63) is 23.8 Å². The fraction of sp³-hybridized carbons (Fsp3) is 0.333. The molecule has 0 heterocycles. The van der Waals surface area contributed by atoms with Crippen molar-refractivity contribution in [2.45, 2.75) is 13.0 Å². The lowest BCUT2D eigenvalue weighted by Gasteiger charge is -2.15. The number of carbonyl (C=O) groups excluding carboxylic acids is 2. The quantitative estimate of drug-likeness (QED) is 0.776. The highest BCUT2D eigenvalue weighted by molar-refractivity contribution is 5.82. The number of rotatable bonds is 5. The highest BCUT2D eigenvalue weighted by atomic mass is 16.5. The predicted molar refractivity (Wildman–Crippen MR) is 62.5 cm³/mol. The van der Waals surface area contributed by atoms with Gasteiger partial charge in [-0.1, -0.05) is 0 Å². The molecule has 1 aromatic rings.